The van der Waals surface area contributed by atoms with E-state index in [9.17, 15) is 8.78 Å². The summed E-state index contributed by atoms with van der Waals surface area (Å²) in [6.07, 6.45) is 0. The van der Waals surface area contributed by atoms with Gasteiger partial charge in [-0.3, -0.25) is 0 Å². The molecule has 2 rings (SSSR count). The van der Waals surface area contributed by atoms with Gasteiger partial charge < -0.3 is 5.32 Å². The number of hydrogen-bond donors (Lipinski definition) is 1. The predicted octanol–water partition coefficient (Wildman–Crippen LogP) is 5.05. The minimum Gasteiger partial charge on any atom is -0.378 e. The first kappa shape index (κ1) is 14.2. The summed E-state index contributed by atoms with van der Waals surface area (Å²) in [5.74, 6) is -0.767. The summed E-state index contributed by atoms with van der Waals surface area (Å²) < 4.78 is 28.5. The van der Waals surface area contributed by atoms with Gasteiger partial charge in [0.1, 0.15) is 11.6 Å². The molecule has 0 bridgehead atoms. The number of anilines is 1. The predicted molar refractivity (Wildman–Crippen MR) is 82.3 cm³/mol. The summed E-state index contributed by atoms with van der Waals surface area (Å²) >= 11 is 2.22. The quantitative estimate of drug-likeness (QED) is 0.743. The van der Waals surface area contributed by atoms with Crippen LogP contribution in [0.15, 0.2) is 36.4 Å². The third-order valence-electron chi connectivity index (χ3n) is 2.97. The van der Waals surface area contributed by atoms with Gasteiger partial charge in [0.15, 0.2) is 0 Å². The second kappa shape index (κ2) is 5.86. The van der Waals surface area contributed by atoms with Crippen molar-refractivity contribution in [1.82, 2.24) is 0 Å². The Morgan fingerprint density at radius 3 is 2.32 bits per heavy atom. The smallest absolute Gasteiger partial charge is 0.128 e. The Morgan fingerprint density at radius 1 is 1.05 bits per heavy atom. The number of nitrogens with one attached hydrogen (secondary N) is 1. The summed E-state index contributed by atoms with van der Waals surface area (Å²) in [5, 5.41) is 3.16. The lowest BCUT2D eigenvalue weighted by Gasteiger charge is -2.17. The summed E-state index contributed by atoms with van der Waals surface area (Å²) in [6.45, 7) is 3.37. The van der Waals surface area contributed by atoms with Crippen molar-refractivity contribution in [1.29, 1.82) is 0 Å². The van der Waals surface area contributed by atoms with Crippen LogP contribution in [0.1, 0.15) is 24.1 Å². The van der Waals surface area contributed by atoms with Crippen molar-refractivity contribution in [2.24, 2.45) is 0 Å². The minimum atomic E-state index is -0.385. The molecule has 0 spiro atoms. The van der Waals surface area contributed by atoms with Crippen LogP contribution in [0.4, 0.5) is 14.5 Å². The molecule has 0 radical (unpaired) electrons. The first-order chi connectivity index (χ1) is 8.97. The van der Waals surface area contributed by atoms with Gasteiger partial charge in [0.05, 0.1) is 6.04 Å². The molecule has 0 saturated heterocycles. The fourth-order valence-electron chi connectivity index (χ4n) is 1.87. The van der Waals surface area contributed by atoms with E-state index >= 15 is 0 Å². The fourth-order valence-corrected chi connectivity index (χ4v) is 2.23. The van der Waals surface area contributed by atoms with Crippen molar-refractivity contribution < 1.29 is 8.78 Å². The first-order valence-corrected chi connectivity index (χ1v) is 7.03. The van der Waals surface area contributed by atoms with E-state index in [1.54, 1.807) is 6.92 Å². The summed E-state index contributed by atoms with van der Waals surface area (Å²) in [4.78, 5) is 0. The van der Waals surface area contributed by atoms with Crippen molar-refractivity contribution in [2.75, 3.05) is 5.32 Å². The number of rotatable bonds is 3. The third-order valence-corrected chi connectivity index (χ3v) is 3.69. The molecular formula is C15H14F2IN. The van der Waals surface area contributed by atoms with Gasteiger partial charge in [0, 0.05) is 14.8 Å². The van der Waals surface area contributed by atoms with Crippen molar-refractivity contribution in [3.63, 3.8) is 0 Å². The molecule has 1 N–H and O–H groups in total. The average Bonchev–Trinajstić information content (AvgIpc) is 2.36. The zero-order chi connectivity index (χ0) is 14.0. The summed E-state index contributed by atoms with van der Waals surface area (Å²) in [5.41, 5.74) is 1.54. The molecule has 0 aliphatic heterocycles. The lowest BCUT2D eigenvalue weighted by molar-refractivity contribution is 0.571. The van der Waals surface area contributed by atoms with Crippen LogP contribution in [0.5, 0.6) is 0 Å². The van der Waals surface area contributed by atoms with Crippen molar-refractivity contribution in [3.05, 3.63) is 62.7 Å². The minimum absolute atomic E-state index is 0.296. The molecule has 1 atom stereocenters. The topological polar surface area (TPSA) is 12.0 Å². The highest BCUT2D eigenvalue weighted by Gasteiger charge is 2.13. The molecule has 19 heavy (non-hydrogen) atoms. The molecule has 1 nitrogen and oxygen atoms in total. The van der Waals surface area contributed by atoms with E-state index in [0.717, 1.165) is 9.26 Å². The molecule has 0 aliphatic carbocycles. The Kier molecular flexibility index (Phi) is 4.39. The highest BCUT2D eigenvalue weighted by Crippen LogP contribution is 2.24. The number of benzene rings is 2. The normalized spacial score (nSPS) is 12.3. The maximum absolute atomic E-state index is 13.8. The molecule has 0 heterocycles. The molecule has 2 aromatic rings. The second-order valence-electron chi connectivity index (χ2n) is 4.50. The Labute approximate surface area is 125 Å². The van der Waals surface area contributed by atoms with E-state index in [1.165, 1.54) is 12.1 Å². The van der Waals surface area contributed by atoms with Crippen LogP contribution in [0.2, 0.25) is 0 Å². The molecular weight excluding hydrogens is 359 g/mol. The maximum atomic E-state index is 13.8. The van der Waals surface area contributed by atoms with E-state index in [1.807, 2.05) is 31.2 Å². The Bertz CT molecular complexity index is 581. The molecule has 2 aromatic carbocycles. The van der Waals surface area contributed by atoms with Gasteiger partial charge in [0.2, 0.25) is 0 Å². The molecule has 0 amide bonds. The molecule has 100 valence electrons. The lowest BCUT2D eigenvalue weighted by Crippen LogP contribution is -2.09. The van der Waals surface area contributed by atoms with Crippen LogP contribution in [0.25, 0.3) is 0 Å². The third kappa shape index (κ3) is 3.43. The largest absolute Gasteiger partial charge is 0.378 e. The molecule has 1 unspecified atom stereocenters. The van der Waals surface area contributed by atoms with Crippen LogP contribution in [0.3, 0.4) is 0 Å². The van der Waals surface area contributed by atoms with Crippen molar-refractivity contribution >= 4 is 28.3 Å². The van der Waals surface area contributed by atoms with Gasteiger partial charge in [-0.1, -0.05) is 0 Å². The van der Waals surface area contributed by atoms with Crippen LogP contribution in [0, 0.1) is 22.1 Å². The second-order valence-corrected chi connectivity index (χ2v) is 5.74. The number of hydrogen-bond acceptors (Lipinski definition) is 1. The standard InChI is InChI=1S/C15H14F2IN/c1-9-7-15(17)13(8-14(9)16)10(2)19-12-5-3-11(18)4-6-12/h3-8,10,19H,1-2H3. The molecule has 0 aromatic heterocycles. The van der Waals surface area contributed by atoms with Gasteiger partial charge in [-0.05, 0) is 78.4 Å². The van der Waals surface area contributed by atoms with Gasteiger partial charge in [-0.25, -0.2) is 8.78 Å². The van der Waals surface area contributed by atoms with Gasteiger partial charge in [0.25, 0.3) is 0 Å². The zero-order valence-corrected chi connectivity index (χ0v) is 12.8. The Hall–Kier alpha value is -1.17. The summed E-state index contributed by atoms with van der Waals surface area (Å²) in [6, 6.07) is 9.95. The highest BCUT2D eigenvalue weighted by atomic mass is 127. The fraction of sp³-hybridized carbons (Fsp3) is 0.200. The lowest BCUT2D eigenvalue weighted by atomic mass is 10.0. The first-order valence-electron chi connectivity index (χ1n) is 5.95. The molecule has 4 heteroatoms. The van der Waals surface area contributed by atoms with Crippen LogP contribution in [-0.2, 0) is 0 Å². The van der Waals surface area contributed by atoms with E-state index in [-0.39, 0.29) is 17.7 Å². The van der Waals surface area contributed by atoms with E-state index in [4.69, 9.17) is 0 Å². The SMILES string of the molecule is Cc1cc(F)c(C(C)Nc2ccc(I)cc2)cc1F. The van der Waals surface area contributed by atoms with Gasteiger partial charge in [-0.2, -0.15) is 0 Å². The number of aryl methyl sites for hydroxylation is 1. The Balaban J connectivity index is 2.22. The Morgan fingerprint density at radius 2 is 1.68 bits per heavy atom. The van der Waals surface area contributed by atoms with Crippen LogP contribution < -0.4 is 5.32 Å². The van der Waals surface area contributed by atoms with Crippen molar-refractivity contribution in [3.8, 4) is 0 Å². The average molecular weight is 373 g/mol. The maximum Gasteiger partial charge on any atom is 0.128 e. The molecule has 0 aliphatic rings. The highest BCUT2D eigenvalue weighted by molar-refractivity contribution is 14.1. The van der Waals surface area contributed by atoms with E-state index in [0.29, 0.717) is 11.1 Å². The van der Waals surface area contributed by atoms with Crippen molar-refractivity contribution in [2.45, 2.75) is 19.9 Å². The monoisotopic (exact) mass is 373 g/mol. The van der Waals surface area contributed by atoms with E-state index < -0.39 is 0 Å². The van der Waals surface area contributed by atoms with Gasteiger partial charge >= 0.3 is 0 Å². The van der Waals surface area contributed by atoms with Gasteiger partial charge in [-0.15, -0.1) is 0 Å². The summed E-state index contributed by atoms with van der Waals surface area (Å²) in [7, 11) is 0. The molecule has 0 saturated carbocycles. The zero-order valence-electron chi connectivity index (χ0n) is 10.7. The molecule has 0 fully saturated rings. The van der Waals surface area contributed by atoms with Crippen LogP contribution in [-0.4, -0.2) is 0 Å². The van der Waals surface area contributed by atoms with E-state index in [2.05, 4.69) is 27.9 Å². The number of halogens is 3. The van der Waals surface area contributed by atoms with Crippen LogP contribution >= 0.6 is 22.6 Å².